The predicted molar refractivity (Wildman–Crippen MR) is 251 cm³/mol. The maximum absolute atomic E-state index is 13.2. The number of unbranched alkanes of at least 4 members (excludes halogenated alkanes) is 3. The molecule has 60 heavy (non-hydrogen) atoms. The number of hydrogen-bond donors (Lipinski definition) is 0. The molecule has 0 bridgehead atoms. The Hall–Kier alpha value is -1.66. The topological polar surface area (TPSA) is 65.1 Å². The molecule has 6 heteroatoms. The van der Waals surface area contributed by atoms with Crippen LogP contribution in [0.15, 0.2) is 23.8 Å². The van der Waals surface area contributed by atoms with Crippen LogP contribution in [0.25, 0.3) is 0 Å². The van der Waals surface area contributed by atoms with Gasteiger partial charge in [-0.1, -0.05) is 119 Å². The molecule has 0 radical (unpaired) electrons. The van der Waals surface area contributed by atoms with Crippen molar-refractivity contribution < 1.29 is 23.8 Å². The number of allylic oxidation sites excluding steroid dienone is 2. The molecular weight excluding hydrogens is 743 g/mol. The molecule has 0 heterocycles. The number of fused-ring (bicyclic) bond motifs is 5. The first-order valence-electron chi connectivity index (χ1n) is 25.1. The highest BCUT2D eigenvalue weighted by Crippen LogP contribution is 2.67. The van der Waals surface area contributed by atoms with Gasteiger partial charge in [-0.25, -0.2) is 0 Å². The van der Waals surface area contributed by atoms with E-state index in [1.807, 2.05) is 47.9 Å². The molecule has 0 aromatic rings. The second-order valence-electron chi connectivity index (χ2n) is 23.5. The Labute approximate surface area is 370 Å². The van der Waals surface area contributed by atoms with E-state index in [-0.39, 0.29) is 41.4 Å². The third kappa shape index (κ3) is 12.5. The number of hydrogen-bond acceptors (Lipinski definition) is 6. The van der Waals surface area contributed by atoms with E-state index in [2.05, 4.69) is 72.4 Å². The number of carbonyl (C=O) groups is 2. The van der Waals surface area contributed by atoms with E-state index >= 15 is 0 Å². The highest BCUT2D eigenvalue weighted by Gasteiger charge is 2.58. The average Bonchev–Trinajstić information content (AvgIpc) is 3.51. The molecule has 4 aliphatic carbocycles. The maximum atomic E-state index is 13.2. The van der Waals surface area contributed by atoms with Crippen LogP contribution < -0.4 is 0 Å². The van der Waals surface area contributed by atoms with Crippen LogP contribution in [0.1, 0.15) is 199 Å². The van der Waals surface area contributed by atoms with E-state index < -0.39 is 5.41 Å². The summed E-state index contributed by atoms with van der Waals surface area (Å²) >= 11 is 0. The van der Waals surface area contributed by atoms with Gasteiger partial charge >= 0.3 is 11.9 Å². The van der Waals surface area contributed by atoms with E-state index in [1.54, 1.807) is 5.57 Å². The van der Waals surface area contributed by atoms with Gasteiger partial charge in [0.15, 0.2) is 0 Å². The minimum Gasteiger partial charge on any atom is -0.462 e. The fraction of sp³-hybridized carbons (Fsp3) is 0.889. The fourth-order valence-corrected chi connectivity index (χ4v) is 12.0. The van der Waals surface area contributed by atoms with Crippen LogP contribution in [-0.4, -0.2) is 62.9 Å². The molecule has 0 aromatic heterocycles. The monoisotopic (exact) mass is 838 g/mol. The second-order valence-corrected chi connectivity index (χ2v) is 23.5. The van der Waals surface area contributed by atoms with Crippen LogP contribution in [-0.2, 0) is 23.8 Å². The molecule has 0 N–H and O–H groups in total. The van der Waals surface area contributed by atoms with Gasteiger partial charge in [0, 0.05) is 18.4 Å². The summed E-state index contributed by atoms with van der Waals surface area (Å²) in [5.41, 5.74) is 1.47. The normalized spacial score (nSPS) is 29.1. The zero-order chi connectivity index (χ0) is 44.5. The molecule has 8 atom stereocenters. The Morgan fingerprint density at radius 2 is 1.58 bits per heavy atom. The first-order chi connectivity index (χ1) is 28.1. The SMILES string of the molecule is CC(C)CCCCC1CCC2C3CC=C4CC(OCCCCCC(OC(=O)CCCN(C)C)C(C)(C)C(C)(C)/C=C\COC(=O)C(C)(C)C(C)C)CCC4(C)C3CCC12C. The van der Waals surface area contributed by atoms with Crippen LogP contribution in [0.2, 0.25) is 0 Å². The Balaban J connectivity index is 1.27. The smallest absolute Gasteiger partial charge is 0.312 e. The number of esters is 2. The maximum Gasteiger partial charge on any atom is 0.312 e. The third-order valence-electron chi connectivity index (χ3n) is 17.8. The van der Waals surface area contributed by atoms with Crippen molar-refractivity contribution in [3.05, 3.63) is 23.8 Å². The molecule has 0 saturated heterocycles. The predicted octanol–water partition coefficient (Wildman–Crippen LogP) is 13.8. The van der Waals surface area contributed by atoms with Crippen molar-refractivity contribution in [2.45, 2.75) is 211 Å². The Morgan fingerprint density at radius 3 is 2.27 bits per heavy atom. The van der Waals surface area contributed by atoms with Gasteiger partial charge in [-0.3, -0.25) is 9.59 Å². The van der Waals surface area contributed by atoms with Gasteiger partial charge in [0.1, 0.15) is 12.7 Å². The molecule has 0 aliphatic heterocycles. The number of carbonyl (C=O) groups excluding carboxylic acids is 2. The van der Waals surface area contributed by atoms with Gasteiger partial charge in [-0.15, -0.1) is 0 Å². The van der Waals surface area contributed by atoms with Gasteiger partial charge in [0.05, 0.1) is 11.5 Å². The van der Waals surface area contributed by atoms with Crippen molar-refractivity contribution >= 4 is 11.9 Å². The zero-order valence-corrected chi connectivity index (χ0v) is 41.7. The molecule has 4 rings (SSSR count). The molecule has 3 fully saturated rings. The molecule has 3 saturated carbocycles. The van der Waals surface area contributed by atoms with Crippen molar-refractivity contribution in [2.75, 3.05) is 33.9 Å². The number of ether oxygens (including phenoxy) is 3. The molecule has 0 spiro atoms. The van der Waals surface area contributed by atoms with Gasteiger partial charge in [0.25, 0.3) is 0 Å². The molecule has 6 nitrogen and oxygen atoms in total. The zero-order valence-electron chi connectivity index (χ0n) is 41.7. The lowest BCUT2D eigenvalue weighted by molar-refractivity contribution is -0.160. The first kappa shape index (κ1) is 51.0. The largest absolute Gasteiger partial charge is 0.462 e. The summed E-state index contributed by atoms with van der Waals surface area (Å²) in [5.74, 6) is 4.35. The summed E-state index contributed by atoms with van der Waals surface area (Å²) in [6.07, 6.45) is 28.5. The van der Waals surface area contributed by atoms with Crippen LogP contribution in [0.5, 0.6) is 0 Å². The molecular formula is C54H95NO5. The van der Waals surface area contributed by atoms with Gasteiger partial charge in [-0.2, -0.15) is 0 Å². The van der Waals surface area contributed by atoms with E-state index in [4.69, 9.17) is 14.2 Å². The highest BCUT2D eigenvalue weighted by atomic mass is 16.5. The Bertz CT molecular complexity index is 1420. The summed E-state index contributed by atoms with van der Waals surface area (Å²) < 4.78 is 18.7. The second kappa shape index (κ2) is 21.8. The lowest BCUT2D eigenvalue weighted by atomic mass is 9.47. The molecule has 0 aromatic carbocycles. The van der Waals surface area contributed by atoms with Gasteiger partial charge in [0.2, 0.25) is 0 Å². The van der Waals surface area contributed by atoms with Crippen molar-refractivity contribution in [2.24, 2.45) is 62.6 Å². The summed E-state index contributed by atoms with van der Waals surface area (Å²) in [5, 5.41) is 0. The van der Waals surface area contributed by atoms with Crippen LogP contribution in [0.4, 0.5) is 0 Å². The molecule has 0 amide bonds. The molecule has 8 unspecified atom stereocenters. The van der Waals surface area contributed by atoms with Crippen LogP contribution in [0.3, 0.4) is 0 Å². The molecule has 346 valence electrons. The van der Waals surface area contributed by atoms with E-state index in [1.165, 1.54) is 70.6 Å². The number of rotatable bonds is 24. The minimum atomic E-state index is -0.530. The van der Waals surface area contributed by atoms with E-state index in [0.717, 1.165) is 81.3 Å². The van der Waals surface area contributed by atoms with Crippen LogP contribution in [0, 0.1) is 62.6 Å². The van der Waals surface area contributed by atoms with Gasteiger partial charge < -0.3 is 19.1 Å². The highest BCUT2D eigenvalue weighted by molar-refractivity contribution is 5.76. The third-order valence-corrected chi connectivity index (χ3v) is 17.8. The Kier molecular flexibility index (Phi) is 18.5. The van der Waals surface area contributed by atoms with Crippen LogP contribution >= 0.6 is 0 Å². The standard InChI is InChI=1S/C54H95NO5/c1-39(2)22-17-18-23-41-27-29-45-44-28-26-42-38-43(30-33-54(42,12)46(44)31-34-53(41,45)11)58-36-19-15-16-24-47(60-48(56)25-20-35-55(13)14)52(9,10)50(5,6)32-21-37-59-49(57)51(7,8)40(3)4/h21,26,32,39-41,43-47H,15-20,22-25,27-31,33-38H2,1-14H3/b32-21-. The van der Waals surface area contributed by atoms with Crippen molar-refractivity contribution in [3.8, 4) is 0 Å². The Morgan fingerprint density at radius 1 is 0.867 bits per heavy atom. The summed E-state index contributed by atoms with van der Waals surface area (Å²) in [6.45, 7) is 28.8. The van der Waals surface area contributed by atoms with Crippen molar-refractivity contribution in [1.82, 2.24) is 4.90 Å². The first-order valence-corrected chi connectivity index (χ1v) is 25.1. The summed E-state index contributed by atoms with van der Waals surface area (Å²) in [7, 11) is 4.07. The average molecular weight is 838 g/mol. The fourth-order valence-electron chi connectivity index (χ4n) is 12.0. The van der Waals surface area contributed by atoms with E-state index in [0.29, 0.717) is 23.4 Å². The van der Waals surface area contributed by atoms with Crippen molar-refractivity contribution in [1.29, 1.82) is 0 Å². The van der Waals surface area contributed by atoms with E-state index in [9.17, 15) is 9.59 Å². The van der Waals surface area contributed by atoms with Gasteiger partial charge in [-0.05, 0) is 170 Å². The quantitative estimate of drug-likeness (QED) is 0.0548. The minimum absolute atomic E-state index is 0.113. The van der Waals surface area contributed by atoms with Crippen molar-refractivity contribution in [3.63, 3.8) is 0 Å². The lowest BCUT2D eigenvalue weighted by Gasteiger charge is -2.58. The lowest BCUT2D eigenvalue weighted by Crippen LogP contribution is -2.50. The molecule has 4 aliphatic rings. The summed E-state index contributed by atoms with van der Waals surface area (Å²) in [4.78, 5) is 28.1. The summed E-state index contributed by atoms with van der Waals surface area (Å²) in [6, 6.07) is 0. The number of nitrogens with zero attached hydrogens (tertiary/aromatic N) is 1.